The van der Waals surface area contributed by atoms with Crippen LogP contribution in [0.2, 0.25) is 0 Å². The van der Waals surface area contributed by atoms with Gasteiger partial charge in [-0.1, -0.05) is 6.08 Å². The van der Waals surface area contributed by atoms with Crippen molar-refractivity contribution in [1.29, 1.82) is 0 Å². The molecule has 0 N–H and O–H groups in total. The SMILES string of the molecule is CN(C)C1=CC=c2oc3c(c2C1)C=C(n1ccnc1)C=CC=3. The molecule has 0 atom stereocenters. The molecule has 0 saturated heterocycles. The fourth-order valence-electron chi connectivity index (χ4n) is 2.84. The molecule has 2 heterocycles. The quantitative estimate of drug-likeness (QED) is 0.843. The summed E-state index contributed by atoms with van der Waals surface area (Å²) >= 11 is 0. The van der Waals surface area contributed by atoms with Crippen LogP contribution in [0, 0.1) is 0 Å². The number of aromatic nitrogens is 2. The molecule has 0 saturated carbocycles. The Morgan fingerprint density at radius 3 is 2.86 bits per heavy atom. The summed E-state index contributed by atoms with van der Waals surface area (Å²) < 4.78 is 8.02. The zero-order valence-electron chi connectivity index (χ0n) is 12.7. The van der Waals surface area contributed by atoms with Crippen LogP contribution in [0.15, 0.2) is 47.1 Å². The maximum absolute atomic E-state index is 6.01. The molecule has 0 unspecified atom stereocenters. The van der Waals surface area contributed by atoms with E-state index in [1.54, 1.807) is 6.20 Å². The Labute approximate surface area is 128 Å². The van der Waals surface area contributed by atoms with Gasteiger partial charge in [0.15, 0.2) is 0 Å². The zero-order valence-corrected chi connectivity index (χ0v) is 12.7. The van der Waals surface area contributed by atoms with Gasteiger partial charge in [-0.25, -0.2) is 4.98 Å². The minimum atomic E-state index is 0.888. The molecular formula is C18H17N3O. The lowest BCUT2D eigenvalue weighted by Crippen LogP contribution is -2.19. The van der Waals surface area contributed by atoms with Crippen LogP contribution in [0.5, 0.6) is 0 Å². The van der Waals surface area contributed by atoms with Gasteiger partial charge in [0.25, 0.3) is 0 Å². The molecule has 22 heavy (non-hydrogen) atoms. The van der Waals surface area contributed by atoms with Crippen molar-refractivity contribution in [3.63, 3.8) is 0 Å². The fraction of sp³-hybridized carbons (Fsp3) is 0.167. The smallest absolute Gasteiger partial charge is 0.135 e. The molecule has 4 rings (SSSR count). The summed E-state index contributed by atoms with van der Waals surface area (Å²) in [5, 5.41) is 0. The average molecular weight is 291 g/mol. The first-order valence-corrected chi connectivity index (χ1v) is 7.31. The van der Waals surface area contributed by atoms with Gasteiger partial charge in [-0.3, -0.25) is 0 Å². The summed E-state index contributed by atoms with van der Waals surface area (Å²) in [4.78, 5) is 6.28. The number of nitrogens with zero attached hydrogens (tertiary/aromatic N) is 3. The summed E-state index contributed by atoms with van der Waals surface area (Å²) in [6.07, 6.45) is 18.9. The van der Waals surface area contributed by atoms with E-state index in [0.717, 1.165) is 28.5 Å². The number of hydrogen-bond acceptors (Lipinski definition) is 3. The number of imidazole rings is 1. The van der Waals surface area contributed by atoms with Gasteiger partial charge < -0.3 is 13.9 Å². The third-order valence-electron chi connectivity index (χ3n) is 4.08. The van der Waals surface area contributed by atoms with Crippen molar-refractivity contribution in [3.05, 3.63) is 64.6 Å². The van der Waals surface area contributed by atoms with Gasteiger partial charge in [-0.05, 0) is 30.4 Å². The second-order valence-corrected chi connectivity index (χ2v) is 5.68. The maximum Gasteiger partial charge on any atom is 0.135 e. The van der Waals surface area contributed by atoms with E-state index in [0.29, 0.717) is 0 Å². The average Bonchev–Trinajstić information content (AvgIpc) is 3.10. The van der Waals surface area contributed by atoms with Crippen LogP contribution in [0.25, 0.3) is 23.9 Å². The number of hydrogen-bond donors (Lipinski definition) is 0. The molecule has 2 aromatic rings. The highest BCUT2D eigenvalue weighted by molar-refractivity contribution is 5.81. The molecule has 2 aromatic heterocycles. The van der Waals surface area contributed by atoms with Crippen LogP contribution >= 0.6 is 0 Å². The molecule has 0 spiro atoms. The molecule has 0 fully saturated rings. The Morgan fingerprint density at radius 2 is 2.09 bits per heavy atom. The molecule has 0 aromatic carbocycles. The second kappa shape index (κ2) is 4.91. The van der Waals surface area contributed by atoms with E-state index >= 15 is 0 Å². The van der Waals surface area contributed by atoms with Crippen molar-refractivity contribution in [3.8, 4) is 0 Å². The molecule has 2 aliphatic rings. The van der Waals surface area contributed by atoms with Crippen LogP contribution in [-0.2, 0) is 6.42 Å². The van der Waals surface area contributed by atoms with Gasteiger partial charge >= 0.3 is 0 Å². The topological polar surface area (TPSA) is 34.2 Å². The van der Waals surface area contributed by atoms with Crippen LogP contribution in [0.1, 0.15) is 11.1 Å². The standard InChI is InChI=1S/C18H17N3O/c1-20(2)13-6-7-18-15(10-13)16-11-14(21-9-8-19-12-21)4-3-5-17(16)22-18/h3-9,11-12H,10H2,1-2H3. The van der Waals surface area contributed by atoms with Crippen molar-refractivity contribution in [1.82, 2.24) is 14.5 Å². The number of allylic oxidation sites excluding steroid dienone is 5. The lowest BCUT2D eigenvalue weighted by Gasteiger charge is -2.18. The fourth-order valence-corrected chi connectivity index (χ4v) is 2.84. The Balaban J connectivity index is 1.87. The monoisotopic (exact) mass is 291 g/mol. The largest absolute Gasteiger partial charge is 0.456 e. The highest BCUT2D eigenvalue weighted by Gasteiger charge is 2.17. The summed E-state index contributed by atoms with van der Waals surface area (Å²) in [6, 6.07) is 0. The van der Waals surface area contributed by atoms with E-state index in [1.165, 1.54) is 11.3 Å². The van der Waals surface area contributed by atoms with E-state index in [4.69, 9.17) is 4.42 Å². The minimum Gasteiger partial charge on any atom is -0.456 e. The predicted octanol–water partition coefficient (Wildman–Crippen LogP) is 1.61. The summed E-state index contributed by atoms with van der Waals surface area (Å²) in [6.45, 7) is 0. The molecular weight excluding hydrogens is 274 g/mol. The second-order valence-electron chi connectivity index (χ2n) is 5.68. The Morgan fingerprint density at radius 1 is 1.18 bits per heavy atom. The number of furan rings is 1. The molecule has 0 radical (unpaired) electrons. The molecule has 2 aliphatic carbocycles. The van der Waals surface area contributed by atoms with Gasteiger partial charge in [0.1, 0.15) is 10.8 Å². The molecule has 4 nitrogen and oxygen atoms in total. The van der Waals surface area contributed by atoms with Crippen molar-refractivity contribution in [2.24, 2.45) is 0 Å². The third kappa shape index (κ3) is 2.04. The van der Waals surface area contributed by atoms with Crippen LogP contribution in [0.4, 0.5) is 0 Å². The summed E-state index contributed by atoms with van der Waals surface area (Å²) in [5.41, 5.74) is 6.65. The third-order valence-corrected chi connectivity index (χ3v) is 4.08. The predicted molar refractivity (Wildman–Crippen MR) is 87.9 cm³/mol. The van der Waals surface area contributed by atoms with E-state index in [9.17, 15) is 0 Å². The Bertz CT molecular complexity index is 922. The lowest BCUT2D eigenvalue weighted by atomic mass is 10.0. The van der Waals surface area contributed by atoms with Gasteiger partial charge in [-0.2, -0.15) is 0 Å². The summed E-state index contributed by atoms with van der Waals surface area (Å²) in [5.74, 6) is 0. The summed E-state index contributed by atoms with van der Waals surface area (Å²) in [7, 11) is 4.15. The van der Waals surface area contributed by atoms with Crippen molar-refractivity contribution >= 4 is 23.9 Å². The number of rotatable bonds is 2. The molecule has 0 amide bonds. The first-order chi connectivity index (χ1) is 10.7. The van der Waals surface area contributed by atoms with E-state index < -0.39 is 0 Å². The Kier molecular flexibility index (Phi) is 2.89. The van der Waals surface area contributed by atoms with Gasteiger partial charge in [0.2, 0.25) is 0 Å². The van der Waals surface area contributed by atoms with E-state index in [-0.39, 0.29) is 0 Å². The lowest BCUT2D eigenvalue weighted by molar-refractivity contribution is 0.480. The van der Waals surface area contributed by atoms with E-state index in [1.807, 2.05) is 29.2 Å². The zero-order chi connectivity index (χ0) is 15.1. The van der Waals surface area contributed by atoms with Crippen molar-refractivity contribution in [2.45, 2.75) is 6.42 Å². The van der Waals surface area contributed by atoms with Gasteiger partial charge in [0.05, 0.1) is 6.33 Å². The minimum absolute atomic E-state index is 0.888. The van der Waals surface area contributed by atoms with Crippen molar-refractivity contribution < 1.29 is 4.42 Å². The van der Waals surface area contributed by atoms with Gasteiger partial charge in [-0.15, -0.1) is 0 Å². The normalized spacial score (nSPS) is 15.7. The first kappa shape index (κ1) is 13.0. The molecule has 110 valence electrons. The van der Waals surface area contributed by atoms with Crippen LogP contribution < -0.4 is 10.8 Å². The number of likely N-dealkylation sites (N-methyl/N-ethyl adjacent to an activating group) is 1. The van der Waals surface area contributed by atoms with Crippen LogP contribution in [0.3, 0.4) is 0 Å². The number of fused-ring (bicyclic) bond motifs is 3. The van der Waals surface area contributed by atoms with Gasteiger partial charge in [0, 0.05) is 55.4 Å². The van der Waals surface area contributed by atoms with E-state index in [2.05, 4.69) is 48.3 Å². The highest BCUT2D eigenvalue weighted by Crippen LogP contribution is 2.19. The molecule has 0 aliphatic heterocycles. The maximum atomic E-state index is 6.01. The molecule has 0 bridgehead atoms. The van der Waals surface area contributed by atoms with Crippen molar-refractivity contribution in [2.75, 3.05) is 14.1 Å². The van der Waals surface area contributed by atoms with Crippen LogP contribution in [-0.4, -0.2) is 28.5 Å². The Hall–Kier alpha value is -2.75. The highest BCUT2D eigenvalue weighted by atomic mass is 16.3. The first-order valence-electron chi connectivity index (χ1n) is 7.31. The molecule has 4 heteroatoms.